The lowest BCUT2D eigenvalue weighted by Crippen LogP contribution is -2.18. The number of nitrogens with one attached hydrogen (secondary N) is 2. The number of rotatable bonds is 7. The highest BCUT2D eigenvalue weighted by molar-refractivity contribution is 7.22. The molecule has 3 aromatic heterocycles. The largest absolute Gasteiger partial charge is 0.474 e. The van der Waals surface area contributed by atoms with Crippen molar-refractivity contribution < 1.29 is 18.8 Å². The van der Waals surface area contributed by atoms with Crippen LogP contribution in [0, 0.1) is 6.92 Å². The van der Waals surface area contributed by atoms with Gasteiger partial charge in [0.25, 0.3) is 11.8 Å². The minimum absolute atomic E-state index is 0.0354. The molecule has 0 saturated heterocycles. The Kier molecular flexibility index (Phi) is 6.41. The van der Waals surface area contributed by atoms with Gasteiger partial charge in [-0.05, 0) is 32.0 Å². The SMILES string of the molecule is Cc1nc(-c2cccc(C(=O)NC=CC(=O)Nc3nc4ccnc(OC(C)C)c4s3)c2)no1. The molecule has 0 saturated carbocycles. The molecule has 10 nitrogen and oxygen atoms in total. The van der Waals surface area contributed by atoms with Gasteiger partial charge in [0.05, 0.1) is 11.6 Å². The number of amides is 2. The number of benzene rings is 1. The first kappa shape index (κ1) is 22.1. The number of nitrogens with zero attached hydrogens (tertiary/aromatic N) is 4. The molecule has 2 N–H and O–H groups in total. The van der Waals surface area contributed by atoms with Crippen LogP contribution < -0.4 is 15.4 Å². The molecular weight excluding hydrogens is 444 g/mol. The summed E-state index contributed by atoms with van der Waals surface area (Å²) in [6, 6.07) is 8.51. The maximum absolute atomic E-state index is 12.4. The van der Waals surface area contributed by atoms with Gasteiger partial charge in [0.15, 0.2) is 5.13 Å². The van der Waals surface area contributed by atoms with Crippen molar-refractivity contribution in [3.05, 3.63) is 60.3 Å². The van der Waals surface area contributed by atoms with Gasteiger partial charge in [0, 0.05) is 36.5 Å². The van der Waals surface area contributed by atoms with Gasteiger partial charge in [-0.3, -0.25) is 14.9 Å². The van der Waals surface area contributed by atoms with Crippen LogP contribution in [0.3, 0.4) is 0 Å². The average Bonchev–Trinajstić information content (AvgIpc) is 3.40. The summed E-state index contributed by atoms with van der Waals surface area (Å²) in [5, 5.41) is 9.49. The van der Waals surface area contributed by atoms with E-state index in [4.69, 9.17) is 9.26 Å². The molecule has 0 fully saturated rings. The van der Waals surface area contributed by atoms with E-state index in [-0.39, 0.29) is 12.0 Å². The van der Waals surface area contributed by atoms with Gasteiger partial charge in [-0.25, -0.2) is 9.97 Å². The highest BCUT2D eigenvalue weighted by Gasteiger charge is 2.13. The second-order valence-electron chi connectivity index (χ2n) is 7.16. The molecule has 2 amide bonds. The summed E-state index contributed by atoms with van der Waals surface area (Å²) >= 11 is 1.26. The number of hydrogen-bond acceptors (Lipinski definition) is 9. The van der Waals surface area contributed by atoms with E-state index in [0.717, 1.165) is 4.70 Å². The van der Waals surface area contributed by atoms with Crippen LogP contribution in [0.1, 0.15) is 30.1 Å². The molecule has 0 unspecified atom stereocenters. The molecule has 11 heteroatoms. The number of carbonyl (C=O) groups is 2. The first-order valence-corrected chi connectivity index (χ1v) is 10.8. The van der Waals surface area contributed by atoms with E-state index in [1.165, 1.54) is 23.6 Å². The number of hydrogen-bond donors (Lipinski definition) is 2. The fourth-order valence-corrected chi connectivity index (χ4v) is 3.73. The molecule has 168 valence electrons. The predicted molar refractivity (Wildman–Crippen MR) is 123 cm³/mol. The molecule has 0 spiro atoms. The lowest BCUT2D eigenvalue weighted by atomic mass is 10.1. The number of aryl methyl sites for hydroxylation is 1. The molecule has 0 radical (unpaired) electrons. The molecular formula is C22H20N6O4S. The van der Waals surface area contributed by atoms with Crippen molar-refractivity contribution in [2.75, 3.05) is 5.32 Å². The van der Waals surface area contributed by atoms with E-state index in [1.54, 1.807) is 43.5 Å². The van der Waals surface area contributed by atoms with E-state index >= 15 is 0 Å². The number of carbonyl (C=O) groups excluding carboxylic acids is 2. The van der Waals surface area contributed by atoms with Crippen LogP contribution in [0.4, 0.5) is 5.13 Å². The number of aromatic nitrogens is 4. The van der Waals surface area contributed by atoms with Crippen molar-refractivity contribution >= 4 is 38.5 Å². The Bertz CT molecular complexity index is 1340. The van der Waals surface area contributed by atoms with Crippen LogP contribution in [0.2, 0.25) is 0 Å². The number of pyridine rings is 1. The van der Waals surface area contributed by atoms with Crippen molar-refractivity contribution in [3.63, 3.8) is 0 Å². The minimum Gasteiger partial charge on any atom is -0.474 e. The van der Waals surface area contributed by atoms with Crippen molar-refractivity contribution in [2.24, 2.45) is 0 Å². The van der Waals surface area contributed by atoms with Gasteiger partial charge in [0.1, 0.15) is 4.70 Å². The monoisotopic (exact) mass is 464 g/mol. The Morgan fingerprint density at radius 1 is 1.21 bits per heavy atom. The molecule has 0 bridgehead atoms. The van der Waals surface area contributed by atoms with Crippen molar-refractivity contribution in [1.82, 2.24) is 25.4 Å². The third-order valence-corrected chi connectivity index (χ3v) is 5.18. The van der Waals surface area contributed by atoms with Crippen molar-refractivity contribution in [3.8, 4) is 17.3 Å². The van der Waals surface area contributed by atoms with Crippen LogP contribution >= 0.6 is 11.3 Å². The summed E-state index contributed by atoms with van der Waals surface area (Å²) < 4.78 is 11.4. The Hall–Kier alpha value is -4.12. The first-order chi connectivity index (χ1) is 15.9. The molecule has 4 rings (SSSR count). The normalized spacial score (nSPS) is 11.3. The summed E-state index contributed by atoms with van der Waals surface area (Å²) in [5.74, 6) is 0.473. The topological polar surface area (TPSA) is 132 Å². The maximum atomic E-state index is 12.4. The van der Waals surface area contributed by atoms with E-state index in [1.807, 2.05) is 13.8 Å². The van der Waals surface area contributed by atoms with Gasteiger partial charge in [-0.1, -0.05) is 28.6 Å². The number of ether oxygens (including phenoxy) is 1. The van der Waals surface area contributed by atoms with E-state index < -0.39 is 5.91 Å². The fraction of sp³-hybridized carbons (Fsp3) is 0.182. The van der Waals surface area contributed by atoms with Crippen molar-refractivity contribution in [1.29, 1.82) is 0 Å². The Morgan fingerprint density at radius 2 is 2.06 bits per heavy atom. The molecule has 33 heavy (non-hydrogen) atoms. The van der Waals surface area contributed by atoms with E-state index in [9.17, 15) is 9.59 Å². The lowest BCUT2D eigenvalue weighted by Gasteiger charge is -2.07. The van der Waals surface area contributed by atoms with Gasteiger partial charge < -0.3 is 14.6 Å². The number of thiazole rings is 1. The summed E-state index contributed by atoms with van der Waals surface area (Å²) in [6.07, 6.45) is 4.05. The summed E-state index contributed by atoms with van der Waals surface area (Å²) in [4.78, 5) is 37.4. The van der Waals surface area contributed by atoms with Crippen LogP contribution in [-0.4, -0.2) is 38.0 Å². The van der Waals surface area contributed by atoms with Gasteiger partial charge >= 0.3 is 0 Å². The molecule has 3 heterocycles. The third kappa shape index (κ3) is 5.39. The van der Waals surface area contributed by atoms with Crippen LogP contribution in [0.5, 0.6) is 5.88 Å². The Morgan fingerprint density at radius 3 is 2.82 bits per heavy atom. The van der Waals surface area contributed by atoms with Gasteiger partial charge in [-0.2, -0.15) is 4.98 Å². The molecule has 1 aromatic carbocycles. The van der Waals surface area contributed by atoms with Gasteiger partial charge in [0.2, 0.25) is 17.6 Å². The highest BCUT2D eigenvalue weighted by Crippen LogP contribution is 2.32. The summed E-state index contributed by atoms with van der Waals surface area (Å²) in [5.41, 5.74) is 1.71. The minimum atomic E-state index is -0.440. The second kappa shape index (κ2) is 9.57. The molecule has 0 atom stereocenters. The van der Waals surface area contributed by atoms with Crippen LogP contribution in [-0.2, 0) is 4.79 Å². The molecule has 0 aliphatic heterocycles. The van der Waals surface area contributed by atoms with E-state index in [0.29, 0.717) is 39.4 Å². The Labute approximate surface area is 192 Å². The predicted octanol–water partition coefficient (Wildman–Crippen LogP) is 3.72. The third-order valence-electron chi connectivity index (χ3n) is 4.21. The zero-order chi connectivity index (χ0) is 23.4. The number of fused-ring (bicyclic) bond motifs is 1. The summed E-state index contributed by atoms with van der Waals surface area (Å²) in [7, 11) is 0. The molecule has 0 aliphatic rings. The maximum Gasteiger partial charge on any atom is 0.255 e. The molecule has 0 aliphatic carbocycles. The van der Waals surface area contributed by atoms with Crippen molar-refractivity contribution in [2.45, 2.75) is 26.9 Å². The zero-order valence-corrected chi connectivity index (χ0v) is 18.8. The fourth-order valence-electron chi connectivity index (χ4n) is 2.83. The summed E-state index contributed by atoms with van der Waals surface area (Å²) in [6.45, 7) is 5.50. The van der Waals surface area contributed by atoms with Crippen LogP contribution in [0.25, 0.3) is 21.6 Å². The average molecular weight is 465 g/mol. The number of anilines is 1. The zero-order valence-electron chi connectivity index (χ0n) is 18.0. The first-order valence-electron chi connectivity index (χ1n) is 10.0. The molecule has 4 aromatic rings. The Balaban J connectivity index is 1.38. The standard InChI is InChI=1S/C22H20N6O4S/c1-12(2)31-21-18-16(7-9-24-21)26-22(33-18)27-17(29)8-10-23-20(30)15-6-4-5-14(11-15)19-25-13(3)32-28-19/h4-12H,1-3H3,(H,23,30)(H,26,27,29). The van der Waals surface area contributed by atoms with Gasteiger partial charge in [-0.15, -0.1) is 0 Å². The highest BCUT2D eigenvalue weighted by atomic mass is 32.1. The van der Waals surface area contributed by atoms with Crippen LogP contribution in [0.15, 0.2) is 53.3 Å². The smallest absolute Gasteiger partial charge is 0.255 e. The lowest BCUT2D eigenvalue weighted by molar-refractivity contribution is -0.111. The van der Waals surface area contributed by atoms with E-state index in [2.05, 4.69) is 30.7 Å². The second-order valence-corrected chi connectivity index (χ2v) is 8.16. The quantitative estimate of drug-likeness (QED) is 0.396.